The Labute approximate surface area is 134 Å². The molecule has 0 spiro atoms. The van der Waals surface area contributed by atoms with Crippen molar-refractivity contribution in [3.05, 3.63) is 40.3 Å². The number of hydrogen-bond donors (Lipinski definition) is 0. The summed E-state index contributed by atoms with van der Waals surface area (Å²) in [5.74, 6) is 3.06. The lowest BCUT2D eigenvalue weighted by molar-refractivity contribution is 0.353. The van der Waals surface area contributed by atoms with Gasteiger partial charge < -0.3 is 14.4 Å². The van der Waals surface area contributed by atoms with Gasteiger partial charge in [-0.05, 0) is 36.6 Å². The lowest BCUT2D eigenvalue weighted by Crippen LogP contribution is -2.31. The molecule has 0 saturated carbocycles. The summed E-state index contributed by atoms with van der Waals surface area (Å²) in [5, 5.41) is 0.473. The standard InChI is InChI=1S/C16H18ClN3O2/c1-10-18-15(17)8-16(19-10)20-5-4-11-6-13(21-2)14(22-3)7-12(11)9-20/h6-8H,4-5,9H2,1-3H3. The Morgan fingerprint density at radius 1 is 1.05 bits per heavy atom. The molecule has 22 heavy (non-hydrogen) atoms. The maximum atomic E-state index is 6.04. The summed E-state index contributed by atoms with van der Waals surface area (Å²) in [6.45, 7) is 3.50. The third-order valence-electron chi connectivity index (χ3n) is 3.84. The van der Waals surface area contributed by atoms with Crippen LogP contribution in [-0.4, -0.2) is 30.7 Å². The molecule has 5 nitrogen and oxygen atoms in total. The first kappa shape index (κ1) is 14.9. The molecule has 3 rings (SSSR count). The van der Waals surface area contributed by atoms with Gasteiger partial charge in [-0.3, -0.25) is 0 Å². The van der Waals surface area contributed by atoms with Crippen molar-refractivity contribution in [2.75, 3.05) is 25.7 Å². The zero-order chi connectivity index (χ0) is 15.7. The second-order valence-corrected chi connectivity index (χ2v) is 5.63. The van der Waals surface area contributed by atoms with Gasteiger partial charge in [0.25, 0.3) is 0 Å². The summed E-state index contributed by atoms with van der Waals surface area (Å²) >= 11 is 6.04. The molecule has 0 bridgehead atoms. The average molecular weight is 320 g/mol. The highest BCUT2D eigenvalue weighted by Gasteiger charge is 2.21. The fourth-order valence-corrected chi connectivity index (χ4v) is 2.98. The van der Waals surface area contributed by atoms with E-state index in [0.29, 0.717) is 11.0 Å². The molecule has 0 saturated heterocycles. The van der Waals surface area contributed by atoms with Gasteiger partial charge in [0.15, 0.2) is 11.5 Å². The number of hydrogen-bond acceptors (Lipinski definition) is 5. The summed E-state index contributed by atoms with van der Waals surface area (Å²) in [6, 6.07) is 5.90. The molecule has 116 valence electrons. The van der Waals surface area contributed by atoms with Crippen molar-refractivity contribution in [1.29, 1.82) is 0 Å². The first-order chi connectivity index (χ1) is 10.6. The van der Waals surface area contributed by atoms with E-state index in [9.17, 15) is 0 Å². The largest absolute Gasteiger partial charge is 0.493 e. The van der Waals surface area contributed by atoms with Gasteiger partial charge in [0, 0.05) is 19.2 Å². The molecule has 0 N–H and O–H groups in total. The van der Waals surface area contributed by atoms with Crippen LogP contribution in [0.5, 0.6) is 11.5 Å². The zero-order valence-electron chi connectivity index (χ0n) is 12.9. The molecule has 1 aliphatic rings. The minimum absolute atomic E-state index is 0.473. The van der Waals surface area contributed by atoms with Crippen molar-refractivity contribution < 1.29 is 9.47 Å². The SMILES string of the molecule is COc1cc2c(cc1OC)CN(c1cc(Cl)nc(C)n1)CC2. The predicted octanol–water partition coefficient (Wildman–Crippen LogP) is 3.02. The molecule has 1 aromatic carbocycles. The average Bonchev–Trinajstić information content (AvgIpc) is 2.52. The Morgan fingerprint density at radius 3 is 2.36 bits per heavy atom. The molecule has 1 aromatic heterocycles. The molecule has 0 atom stereocenters. The van der Waals surface area contributed by atoms with E-state index in [1.807, 2.05) is 13.0 Å². The Kier molecular flexibility index (Phi) is 4.07. The fraction of sp³-hybridized carbons (Fsp3) is 0.375. The molecule has 1 aliphatic heterocycles. The lowest BCUT2D eigenvalue weighted by atomic mass is 9.99. The van der Waals surface area contributed by atoms with Gasteiger partial charge in [-0.1, -0.05) is 11.6 Å². The first-order valence-corrected chi connectivity index (χ1v) is 7.48. The molecule has 0 amide bonds. The first-order valence-electron chi connectivity index (χ1n) is 7.10. The van der Waals surface area contributed by atoms with Gasteiger partial charge in [0.2, 0.25) is 0 Å². The van der Waals surface area contributed by atoms with Gasteiger partial charge >= 0.3 is 0 Å². The Morgan fingerprint density at radius 2 is 1.73 bits per heavy atom. The van der Waals surface area contributed by atoms with Gasteiger partial charge in [0.1, 0.15) is 16.8 Å². The summed E-state index contributed by atoms with van der Waals surface area (Å²) in [7, 11) is 3.31. The minimum atomic E-state index is 0.473. The smallest absolute Gasteiger partial charge is 0.161 e. The van der Waals surface area contributed by atoms with Crippen LogP contribution in [0.1, 0.15) is 17.0 Å². The van der Waals surface area contributed by atoms with Crippen molar-refractivity contribution in [3.63, 3.8) is 0 Å². The van der Waals surface area contributed by atoms with Crippen LogP contribution in [0.4, 0.5) is 5.82 Å². The second-order valence-electron chi connectivity index (χ2n) is 5.24. The topological polar surface area (TPSA) is 47.5 Å². The number of anilines is 1. The van der Waals surface area contributed by atoms with Crippen LogP contribution in [0.15, 0.2) is 18.2 Å². The van der Waals surface area contributed by atoms with Crippen molar-refractivity contribution in [2.45, 2.75) is 19.9 Å². The van der Waals surface area contributed by atoms with E-state index in [2.05, 4.69) is 20.9 Å². The van der Waals surface area contributed by atoms with E-state index in [-0.39, 0.29) is 0 Å². The molecular weight excluding hydrogens is 302 g/mol. The lowest BCUT2D eigenvalue weighted by Gasteiger charge is -2.30. The number of rotatable bonds is 3. The van der Waals surface area contributed by atoms with Crippen LogP contribution >= 0.6 is 11.6 Å². The number of nitrogens with zero attached hydrogens (tertiary/aromatic N) is 3. The van der Waals surface area contributed by atoms with Crippen molar-refractivity contribution in [1.82, 2.24) is 9.97 Å². The highest BCUT2D eigenvalue weighted by atomic mass is 35.5. The Balaban J connectivity index is 1.93. The van der Waals surface area contributed by atoms with Crippen molar-refractivity contribution in [2.24, 2.45) is 0 Å². The number of aromatic nitrogens is 2. The molecule has 0 aliphatic carbocycles. The number of benzene rings is 1. The van der Waals surface area contributed by atoms with Crippen LogP contribution in [-0.2, 0) is 13.0 Å². The monoisotopic (exact) mass is 319 g/mol. The fourth-order valence-electron chi connectivity index (χ4n) is 2.76. The van der Waals surface area contributed by atoms with E-state index in [4.69, 9.17) is 21.1 Å². The molecular formula is C16H18ClN3O2. The van der Waals surface area contributed by atoms with Crippen molar-refractivity contribution >= 4 is 17.4 Å². The number of halogens is 1. The van der Waals surface area contributed by atoms with Crippen molar-refractivity contribution in [3.8, 4) is 11.5 Å². The van der Waals surface area contributed by atoms with Crippen LogP contribution in [0.25, 0.3) is 0 Å². The summed E-state index contributed by atoms with van der Waals surface area (Å²) in [6.07, 6.45) is 0.927. The van der Waals surface area contributed by atoms with Gasteiger partial charge in [-0.15, -0.1) is 0 Å². The molecule has 2 heterocycles. The highest BCUT2D eigenvalue weighted by Crippen LogP contribution is 2.34. The molecule has 0 fully saturated rings. The third kappa shape index (κ3) is 2.81. The normalized spacial score (nSPS) is 13.7. The van der Waals surface area contributed by atoms with Gasteiger partial charge in [0.05, 0.1) is 14.2 Å². The molecule has 0 radical (unpaired) electrons. The van der Waals surface area contributed by atoms with Crippen LogP contribution < -0.4 is 14.4 Å². The third-order valence-corrected chi connectivity index (χ3v) is 4.03. The molecule has 0 unspecified atom stereocenters. The summed E-state index contributed by atoms with van der Waals surface area (Å²) in [5.41, 5.74) is 2.50. The van der Waals surface area contributed by atoms with E-state index >= 15 is 0 Å². The zero-order valence-corrected chi connectivity index (χ0v) is 13.6. The number of fused-ring (bicyclic) bond motifs is 1. The minimum Gasteiger partial charge on any atom is -0.493 e. The predicted molar refractivity (Wildman–Crippen MR) is 86.1 cm³/mol. The van der Waals surface area contributed by atoms with Crippen LogP contribution in [0, 0.1) is 6.92 Å². The summed E-state index contributed by atoms with van der Waals surface area (Å²) < 4.78 is 10.8. The Bertz CT molecular complexity index is 686. The maximum Gasteiger partial charge on any atom is 0.161 e. The molecule has 6 heteroatoms. The molecule has 2 aromatic rings. The van der Waals surface area contributed by atoms with E-state index in [1.165, 1.54) is 11.1 Å². The Hall–Kier alpha value is -2.01. The van der Waals surface area contributed by atoms with Crippen LogP contribution in [0.2, 0.25) is 5.15 Å². The van der Waals surface area contributed by atoms with Crippen LogP contribution in [0.3, 0.4) is 0 Å². The van der Waals surface area contributed by atoms with E-state index < -0.39 is 0 Å². The summed E-state index contributed by atoms with van der Waals surface area (Å²) in [4.78, 5) is 10.8. The second kappa shape index (κ2) is 6.01. The van der Waals surface area contributed by atoms with Gasteiger partial charge in [-0.2, -0.15) is 0 Å². The number of methoxy groups -OCH3 is 2. The van der Waals surface area contributed by atoms with Gasteiger partial charge in [-0.25, -0.2) is 9.97 Å². The van der Waals surface area contributed by atoms with E-state index in [1.54, 1.807) is 20.3 Å². The quantitative estimate of drug-likeness (QED) is 0.814. The van der Waals surface area contributed by atoms with E-state index in [0.717, 1.165) is 36.8 Å². The number of ether oxygens (including phenoxy) is 2. The maximum absolute atomic E-state index is 6.04. The highest BCUT2D eigenvalue weighted by molar-refractivity contribution is 6.29. The number of aryl methyl sites for hydroxylation is 1.